The monoisotopic (exact) mass is 368 g/mol. The molecule has 0 aromatic heterocycles. The number of carbonyl (C=O) groups is 1. The minimum Gasteiger partial charge on any atom is -0.488 e. The van der Waals surface area contributed by atoms with Crippen molar-refractivity contribution in [2.45, 2.75) is 13.5 Å². The Labute approximate surface area is 125 Å². The number of carboxylic acid groups (broad SMARTS) is 1. The van der Waals surface area contributed by atoms with Crippen LogP contribution in [0.1, 0.15) is 21.5 Å². The summed E-state index contributed by atoms with van der Waals surface area (Å²) in [6.07, 6.45) is 0. The Kier molecular flexibility index (Phi) is 4.42. The highest BCUT2D eigenvalue weighted by Gasteiger charge is 2.11. The quantitative estimate of drug-likeness (QED) is 0.834. The molecule has 0 saturated carbocycles. The van der Waals surface area contributed by atoms with Crippen molar-refractivity contribution in [1.29, 1.82) is 0 Å². The van der Waals surface area contributed by atoms with Gasteiger partial charge in [-0.15, -0.1) is 0 Å². The second-order valence-corrected chi connectivity index (χ2v) is 5.47. The van der Waals surface area contributed by atoms with Gasteiger partial charge in [-0.2, -0.15) is 0 Å². The van der Waals surface area contributed by atoms with E-state index < -0.39 is 5.97 Å². The fourth-order valence-electron chi connectivity index (χ4n) is 1.68. The summed E-state index contributed by atoms with van der Waals surface area (Å²) in [5.74, 6) is -0.571. The normalized spacial score (nSPS) is 10.2. The van der Waals surface area contributed by atoms with Crippen molar-refractivity contribution in [3.05, 3.63) is 62.7 Å². The van der Waals surface area contributed by atoms with Crippen LogP contribution in [0.3, 0.4) is 0 Å². The lowest BCUT2D eigenvalue weighted by atomic mass is 10.1. The molecule has 3 nitrogen and oxygen atoms in total. The largest absolute Gasteiger partial charge is 0.488 e. The van der Waals surface area contributed by atoms with Gasteiger partial charge in [0.05, 0.1) is 0 Å². The van der Waals surface area contributed by atoms with E-state index in [9.17, 15) is 4.79 Å². The molecule has 1 N–H and O–H groups in total. The molecule has 98 valence electrons. The predicted octanol–water partition coefficient (Wildman–Crippen LogP) is 3.88. The summed E-state index contributed by atoms with van der Waals surface area (Å²) >= 11 is 2.24. The summed E-state index contributed by atoms with van der Waals surface area (Å²) in [5, 5.41) is 9.14. The standard InChI is InChI=1S/C15H13IO3/c1-10-2-7-14(13(8-10)15(17)18)19-9-11-3-5-12(16)6-4-11/h2-8H,9H2,1H3,(H,17,18). The van der Waals surface area contributed by atoms with Gasteiger partial charge in [0.2, 0.25) is 0 Å². The van der Waals surface area contributed by atoms with Gasteiger partial charge in [0, 0.05) is 3.57 Å². The first-order chi connectivity index (χ1) is 9.06. The Balaban J connectivity index is 2.15. The van der Waals surface area contributed by atoms with E-state index in [1.165, 1.54) is 0 Å². The van der Waals surface area contributed by atoms with Gasteiger partial charge < -0.3 is 9.84 Å². The number of halogens is 1. The van der Waals surface area contributed by atoms with Gasteiger partial charge in [-0.1, -0.05) is 23.8 Å². The van der Waals surface area contributed by atoms with Crippen molar-refractivity contribution >= 4 is 28.6 Å². The Bertz CT molecular complexity index is 591. The minimum absolute atomic E-state index is 0.200. The number of benzene rings is 2. The van der Waals surface area contributed by atoms with Crippen molar-refractivity contribution in [2.24, 2.45) is 0 Å². The Morgan fingerprint density at radius 2 is 1.89 bits per heavy atom. The number of ether oxygens (including phenoxy) is 1. The van der Waals surface area contributed by atoms with Crippen LogP contribution in [0.2, 0.25) is 0 Å². The highest BCUT2D eigenvalue weighted by molar-refractivity contribution is 14.1. The molecule has 2 aromatic carbocycles. The van der Waals surface area contributed by atoms with E-state index in [0.29, 0.717) is 12.4 Å². The predicted molar refractivity (Wildman–Crippen MR) is 81.6 cm³/mol. The smallest absolute Gasteiger partial charge is 0.339 e. The summed E-state index contributed by atoms with van der Waals surface area (Å²) < 4.78 is 6.75. The van der Waals surface area contributed by atoms with Crippen molar-refractivity contribution in [3.8, 4) is 5.75 Å². The van der Waals surface area contributed by atoms with Crippen LogP contribution in [-0.2, 0) is 6.61 Å². The molecule has 0 atom stereocenters. The molecule has 0 spiro atoms. The second-order valence-electron chi connectivity index (χ2n) is 4.22. The Morgan fingerprint density at radius 3 is 2.53 bits per heavy atom. The van der Waals surface area contributed by atoms with Crippen LogP contribution >= 0.6 is 22.6 Å². The average molecular weight is 368 g/mol. The third-order valence-electron chi connectivity index (χ3n) is 2.67. The molecular formula is C15H13IO3. The first kappa shape index (κ1) is 13.9. The molecule has 0 amide bonds. The first-order valence-electron chi connectivity index (χ1n) is 5.77. The zero-order chi connectivity index (χ0) is 13.8. The lowest BCUT2D eigenvalue weighted by Crippen LogP contribution is -2.03. The molecule has 0 fully saturated rings. The van der Waals surface area contributed by atoms with Crippen LogP contribution in [0.15, 0.2) is 42.5 Å². The van der Waals surface area contributed by atoms with Gasteiger partial charge in [0.15, 0.2) is 0 Å². The van der Waals surface area contributed by atoms with E-state index in [-0.39, 0.29) is 5.56 Å². The maximum Gasteiger partial charge on any atom is 0.339 e. The second kappa shape index (κ2) is 6.06. The summed E-state index contributed by atoms with van der Waals surface area (Å²) in [6, 6.07) is 13.1. The summed E-state index contributed by atoms with van der Waals surface area (Å²) in [6.45, 7) is 2.22. The third-order valence-corrected chi connectivity index (χ3v) is 3.39. The molecule has 0 aliphatic carbocycles. The zero-order valence-electron chi connectivity index (χ0n) is 10.4. The minimum atomic E-state index is -0.971. The first-order valence-corrected chi connectivity index (χ1v) is 6.85. The fourth-order valence-corrected chi connectivity index (χ4v) is 2.04. The van der Waals surface area contributed by atoms with E-state index in [1.807, 2.05) is 37.3 Å². The SMILES string of the molecule is Cc1ccc(OCc2ccc(I)cc2)c(C(=O)O)c1. The topological polar surface area (TPSA) is 46.5 Å². The van der Waals surface area contributed by atoms with E-state index >= 15 is 0 Å². The van der Waals surface area contributed by atoms with Crippen molar-refractivity contribution in [2.75, 3.05) is 0 Å². The van der Waals surface area contributed by atoms with Crippen LogP contribution in [0.25, 0.3) is 0 Å². The van der Waals surface area contributed by atoms with E-state index in [2.05, 4.69) is 22.6 Å². The van der Waals surface area contributed by atoms with Crippen LogP contribution in [0.4, 0.5) is 0 Å². The number of carboxylic acids is 1. The molecule has 19 heavy (non-hydrogen) atoms. The van der Waals surface area contributed by atoms with Gasteiger partial charge in [0.25, 0.3) is 0 Å². The lowest BCUT2D eigenvalue weighted by molar-refractivity contribution is 0.0691. The van der Waals surface area contributed by atoms with Crippen LogP contribution in [0.5, 0.6) is 5.75 Å². The molecular weight excluding hydrogens is 355 g/mol. The molecule has 0 aliphatic heterocycles. The molecule has 0 saturated heterocycles. The van der Waals surface area contributed by atoms with Crippen molar-refractivity contribution < 1.29 is 14.6 Å². The molecule has 0 aliphatic rings. The molecule has 4 heteroatoms. The molecule has 0 heterocycles. The number of hydrogen-bond donors (Lipinski definition) is 1. The van der Waals surface area contributed by atoms with Gasteiger partial charge in [-0.05, 0) is 59.3 Å². The van der Waals surface area contributed by atoms with Gasteiger partial charge in [-0.25, -0.2) is 4.79 Å². The maximum atomic E-state index is 11.1. The lowest BCUT2D eigenvalue weighted by Gasteiger charge is -2.10. The third kappa shape index (κ3) is 3.70. The molecule has 2 aromatic rings. The number of aromatic carboxylic acids is 1. The molecule has 2 rings (SSSR count). The van der Waals surface area contributed by atoms with E-state index in [1.54, 1.807) is 12.1 Å². The highest BCUT2D eigenvalue weighted by Crippen LogP contribution is 2.21. The van der Waals surface area contributed by atoms with Crippen LogP contribution in [0, 0.1) is 10.5 Å². The van der Waals surface area contributed by atoms with Gasteiger partial charge in [-0.3, -0.25) is 0 Å². The average Bonchev–Trinajstić information content (AvgIpc) is 2.39. The zero-order valence-corrected chi connectivity index (χ0v) is 12.5. The maximum absolute atomic E-state index is 11.1. The number of hydrogen-bond acceptors (Lipinski definition) is 2. The van der Waals surface area contributed by atoms with Gasteiger partial charge >= 0.3 is 5.97 Å². The highest BCUT2D eigenvalue weighted by atomic mass is 127. The van der Waals surface area contributed by atoms with Crippen LogP contribution < -0.4 is 4.74 Å². The van der Waals surface area contributed by atoms with Crippen molar-refractivity contribution in [1.82, 2.24) is 0 Å². The fraction of sp³-hybridized carbons (Fsp3) is 0.133. The molecule has 0 unspecified atom stereocenters. The molecule has 0 radical (unpaired) electrons. The number of rotatable bonds is 4. The van der Waals surface area contributed by atoms with E-state index in [0.717, 1.165) is 14.7 Å². The number of aryl methyl sites for hydroxylation is 1. The molecule has 0 bridgehead atoms. The summed E-state index contributed by atoms with van der Waals surface area (Å²) in [7, 11) is 0. The van der Waals surface area contributed by atoms with Crippen LogP contribution in [-0.4, -0.2) is 11.1 Å². The van der Waals surface area contributed by atoms with Crippen molar-refractivity contribution in [3.63, 3.8) is 0 Å². The Morgan fingerprint density at radius 1 is 1.21 bits per heavy atom. The van der Waals surface area contributed by atoms with Gasteiger partial charge in [0.1, 0.15) is 17.9 Å². The summed E-state index contributed by atoms with van der Waals surface area (Å²) in [5.41, 5.74) is 2.11. The summed E-state index contributed by atoms with van der Waals surface area (Å²) in [4.78, 5) is 11.1. The van der Waals surface area contributed by atoms with E-state index in [4.69, 9.17) is 9.84 Å². The Hall–Kier alpha value is -1.56.